The van der Waals surface area contributed by atoms with E-state index in [1.807, 2.05) is 0 Å². The van der Waals surface area contributed by atoms with Gasteiger partial charge < -0.3 is 9.84 Å². The van der Waals surface area contributed by atoms with E-state index in [0.29, 0.717) is 31.0 Å². The molecular weight excluding hydrogens is 256 g/mol. The summed E-state index contributed by atoms with van der Waals surface area (Å²) < 4.78 is 5.26. The van der Waals surface area contributed by atoms with Gasteiger partial charge in [-0.15, -0.1) is 0 Å². The molecule has 0 unspecified atom stereocenters. The molecule has 1 heterocycles. The molecule has 0 spiro atoms. The van der Waals surface area contributed by atoms with Crippen LogP contribution < -0.4 is 0 Å². The first-order valence-electron chi connectivity index (χ1n) is 6.64. The molecular formula is C15H16N2O3. The summed E-state index contributed by atoms with van der Waals surface area (Å²) in [6.45, 7) is 3.64. The van der Waals surface area contributed by atoms with Gasteiger partial charge in [0.15, 0.2) is 5.78 Å². The van der Waals surface area contributed by atoms with E-state index in [0.717, 1.165) is 13.1 Å². The first-order chi connectivity index (χ1) is 9.77. The first-order valence-corrected chi connectivity index (χ1v) is 6.64. The van der Waals surface area contributed by atoms with Crippen LogP contribution in [0.2, 0.25) is 0 Å². The van der Waals surface area contributed by atoms with E-state index < -0.39 is 0 Å². The molecule has 0 aromatic heterocycles. The Kier molecular flexibility index (Phi) is 3.62. The number of allylic oxidation sites excluding steroid dienone is 1. The minimum atomic E-state index is -0.163. The topological polar surface area (TPSA) is 62.1 Å². The van der Waals surface area contributed by atoms with Gasteiger partial charge in [-0.1, -0.05) is 24.3 Å². The molecule has 1 aromatic rings. The van der Waals surface area contributed by atoms with Crippen LogP contribution in [0.5, 0.6) is 0 Å². The minimum Gasteiger partial charge on any atom is -0.506 e. The van der Waals surface area contributed by atoms with Crippen LogP contribution in [0.15, 0.2) is 34.8 Å². The summed E-state index contributed by atoms with van der Waals surface area (Å²) >= 11 is 0. The van der Waals surface area contributed by atoms with Gasteiger partial charge in [-0.25, -0.2) is 0 Å². The number of nitrogens with zero attached hydrogens (tertiary/aromatic N) is 2. The molecule has 0 saturated carbocycles. The second-order valence-corrected chi connectivity index (χ2v) is 4.82. The Morgan fingerprint density at radius 3 is 2.65 bits per heavy atom. The Bertz CT molecular complexity index is 587. The summed E-state index contributed by atoms with van der Waals surface area (Å²) in [7, 11) is 0. The Morgan fingerprint density at radius 2 is 1.95 bits per heavy atom. The smallest absolute Gasteiger partial charge is 0.199 e. The molecule has 2 aliphatic rings. The SMILES string of the molecule is O=C1C(/C=N/CN2CCOCC2)=C(O)c2ccccc21. The standard InChI is InChI=1S/C15H16N2O3/c18-14-11-3-1-2-4-12(11)15(19)13(14)9-16-10-17-5-7-20-8-6-17/h1-4,9,18H,5-8,10H2/b16-9+. The number of morpholine rings is 1. The number of aliphatic hydroxyl groups excluding tert-OH is 1. The van der Waals surface area contributed by atoms with Gasteiger partial charge in [0.2, 0.25) is 0 Å². The van der Waals surface area contributed by atoms with Gasteiger partial charge in [0.05, 0.1) is 25.5 Å². The summed E-state index contributed by atoms with van der Waals surface area (Å²) in [5, 5.41) is 10.1. The van der Waals surface area contributed by atoms with Crippen molar-refractivity contribution in [1.82, 2.24) is 4.90 Å². The molecule has 20 heavy (non-hydrogen) atoms. The van der Waals surface area contributed by atoms with Crippen LogP contribution in [0.1, 0.15) is 15.9 Å². The van der Waals surface area contributed by atoms with Crippen molar-refractivity contribution < 1.29 is 14.6 Å². The summed E-state index contributed by atoms with van der Waals surface area (Å²) in [6, 6.07) is 7.05. The predicted molar refractivity (Wildman–Crippen MR) is 76.1 cm³/mol. The number of fused-ring (bicyclic) bond motifs is 1. The lowest BCUT2D eigenvalue weighted by atomic mass is 10.1. The third-order valence-corrected chi connectivity index (χ3v) is 3.53. The first kappa shape index (κ1) is 13.0. The van der Waals surface area contributed by atoms with E-state index in [9.17, 15) is 9.90 Å². The zero-order valence-electron chi connectivity index (χ0n) is 11.1. The second-order valence-electron chi connectivity index (χ2n) is 4.82. The van der Waals surface area contributed by atoms with Crippen molar-refractivity contribution in [1.29, 1.82) is 0 Å². The van der Waals surface area contributed by atoms with Crippen LogP contribution in [-0.2, 0) is 4.74 Å². The molecule has 1 aromatic carbocycles. The number of aliphatic hydroxyl groups is 1. The number of aliphatic imine (C=N–C) groups is 1. The van der Waals surface area contributed by atoms with Crippen molar-refractivity contribution in [2.24, 2.45) is 4.99 Å². The Hall–Kier alpha value is -1.98. The fraction of sp³-hybridized carbons (Fsp3) is 0.333. The van der Waals surface area contributed by atoms with Crippen LogP contribution >= 0.6 is 0 Å². The molecule has 1 saturated heterocycles. The highest BCUT2D eigenvalue weighted by Gasteiger charge is 2.27. The van der Waals surface area contributed by atoms with Crippen molar-refractivity contribution in [3.8, 4) is 0 Å². The normalized spacial score (nSPS) is 19.9. The van der Waals surface area contributed by atoms with E-state index in [2.05, 4.69) is 9.89 Å². The number of ketones is 1. The number of hydrogen-bond acceptors (Lipinski definition) is 5. The van der Waals surface area contributed by atoms with Crippen molar-refractivity contribution in [2.45, 2.75) is 0 Å². The molecule has 0 amide bonds. The van der Waals surface area contributed by atoms with Crippen LogP contribution in [0, 0.1) is 0 Å². The summed E-state index contributed by atoms with van der Waals surface area (Å²) in [5.74, 6) is -0.139. The van der Waals surface area contributed by atoms with Crippen LogP contribution in [-0.4, -0.2) is 55.0 Å². The largest absolute Gasteiger partial charge is 0.506 e. The van der Waals surface area contributed by atoms with Gasteiger partial charge in [-0.3, -0.25) is 14.7 Å². The van der Waals surface area contributed by atoms with Crippen molar-refractivity contribution in [2.75, 3.05) is 33.0 Å². The van der Waals surface area contributed by atoms with Gasteiger partial charge in [0.1, 0.15) is 5.76 Å². The number of ether oxygens (including phenoxy) is 1. The minimum absolute atomic E-state index is 0.0244. The van der Waals surface area contributed by atoms with E-state index in [4.69, 9.17) is 4.74 Å². The Morgan fingerprint density at radius 1 is 1.25 bits per heavy atom. The van der Waals surface area contributed by atoms with Gasteiger partial charge in [0, 0.05) is 30.4 Å². The third kappa shape index (κ3) is 2.37. The molecule has 104 valence electrons. The Balaban J connectivity index is 1.72. The number of carbonyl (C=O) groups excluding carboxylic acids is 1. The quantitative estimate of drug-likeness (QED) is 0.847. The average Bonchev–Trinajstić information content (AvgIpc) is 2.74. The highest BCUT2D eigenvalue weighted by molar-refractivity contribution is 6.30. The lowest BCUT2D eigenvalue weighted by Crippen LogP contribution is -2.36. The number of carbonyl (C=O) groups is 1. The van der Waals surface area contributed by atoms with Crippen LogP contribution in [0.3, 0.4) is 0 Å². The van der Waals surface area contributed by atoms with Gasteiger partial charge in [-0.2, -0.15) is 0 Å². The zero-order chi connectivity index (χ0) is 13.9. The van der Waals surface area contributed by atoms with Crippen LogP contribution in [0.25, 0.3) is 5.76 Å². The monoisotopic (exact) mass is 272 g/mol. The maximum Gasteiger partial charge on any atom is 0.199 e. The van der Waals surface area contributed by atoms with Gasteiger partial charge in [-0.05, 0) is 0 Å². The molecule has 0 atom stereocenters. The lowest BCUT2D eigenvalue weighted by molar-refractivity contribution is 0.0395. The second kappa shape index (κ2) is 5.56. The van der Waals surface area contributed by atoms with Crippen molar-refractivity contribution in [3.63, 3.8) is 0 Å². The molecule has 1 N–H and O–H groups in total. The highest BCUT2D eigenvalue weighted by atomic mass is 16.5. The third-order valence-electron chi connectivity index (χ3n) is 3.53. The lowest BCUT2D eigenvalue weighted by Gasteiger charge is -2.24. The van der Waals surface area contributed by atoms with Crippen molar-refractivity contribution >= 4 is 17.8 Å². The fourth-order valence-electron chi connectivity index (χ4n) is 2.40. The molecule has 3 rings (SSSR count). The Labute approximate surface area is 117 Å². The molecule has 5 nitrogen and oxygen atoms in total. The van der Waals surface area contributed by atoms with E-state index in [1.54, 1.807) is 24.3 Å². The summed E-state index contributed by atoms with van der Waals surface area (Å²) in [6.07, 6.45) is 1.48. The molecule has 1 fully saturated rings. The number of benzene rings is 1. The molecule has 1 aliphatic heterocycles. The number of hydrogen-bond donors (Lipinski definition) is 1. The predicted octanol–water partition coefficient (Wildman–Crippen LogP) is 1.51. The molecule has 5 heteroatoms. The van der Waals surface area contributed by atoms with Gasteiger partial charge >= 0.3 is 0 Å². The maximum absolute atomic E-state index is 12.1. The van der Waals surface area contributed by atoms with Gasteiger partial charge in [0.25, 0.3) is 0 Å². The summed E-state index contributed by atoms with van der Waals surface area (Å²) in [4.78, 5) is 18.6. The summed E-state index contributed by atoms with van der Waals surface area (Å²) in [5.41, 5.74) is 1.41. The van der Waals surface area contributed by atoms with Crippen molar-refractivity contribution in [3.05, 3.63) is 41.0 Å². The molecule has 0 radical (unpaired) electrons. The van der Waals surface area contributed by atoms with E-state index in [-0.39, 0.29) is 17.1 Å². The molecule has 0 bridgehead atoms. The fourth-order valence-corrected chi connectivity index (χ4v) is 2.40. The average molecular weight is 272 g/mol. The molecule has 1 aliphatic carbocycles. The zero-order valence-corrected chi connectivity index (χ0v) is 11.1. The highest BCUT2D eigenvalue weighted by Crippen LogP contribution is 2.29. The van der Waals surface area contributed by atoms with E-state index in [1.165, 1.54) is 6.21 Å². The van der Waals surface area contributed by atoms with Crippen LogP contribution in [0.4, 0.5) is 0 Å². The number of rotatable bonds is 3. The van der Waals surface area contributed by atoms with E-state index >= 15 is 0 Å². The maximum atomic E-state index is 12.1. The number of Topliss-reactive ketones (excluding diaryl/α,β-unsaturated/α-hetero) is 1.